The molecule has 0 aliphatic rings. The highest BCUT2D eigenvalue weighted by Gasteiger charge is 2.33. The van der Waals surface area contributed by atoms with E-state index in [0.29, 0.717) is 31.0 Å². The minimum absolute atomic E-state index is 0.345. The van der Waals surface area contributed by atoms with E-state index in [1.165, 1.54) is 13.1 Å². The summed E-state index contributed by atoms with van der Waals surface area (Å²) in [5, 5.41) is 14.2. The molecule has 1 unspecified atom stereocenters. The lowest BCUT2D eigenvalue weighted by atomic mass is 9.97. The Morgan fingerprint density at radius 2 is 2.10 bits per heavy atom. The van der Waals surface area contributed by atoms with Crippen LogP contribution in [0.2, 0.25) is 0 Å². The number of carboxylic acid groups (broad SMARTS) is 1. The molecule has 0 radical (unpaired) electrons. The first-order valence-corrected chi connectivity index (χ1v) is 6.82. The number of aromatic nitrogens is 1. The first-order valence-electron chi connectivity index (χ1n) is 6.82. The first kappa shape index (κ1) is 16.7. The number of rotatable bonds is 7. The Hall–Kier alpha value is -2.31. The van der Waals surface area contributed by atoms with Crippen molar-refractivity contribution in [2.75, 3.05) is 11.9 Å². The molecule has 2 amide bonds. The van der Waals surface area contributed by atoms with Gasteiger partial charge < -0.3 is 20.5 Å². The number of aliphatic carboxylic acids is 1. The smallest absolute Gasteiger partial charge is 0.329 e. The molecule has 1 heterocycles. The van der Waals surface area contributed by atoms with E-state index in [-0.39, 0.29) is 0 Å². The number of nitrogens with zero attached hydrogens (tertiary/aromatic N) is 1. The predicted molar refractivity (Wildman–Crippen MR) is 78.5 cm³/mol. The molecule has 0 saturated carbocycles. The van der Waals surface area contributed by atoms with Gasteiger partial charge in [-0.1, -0.05) is 13.3 Å². The average molecular weight is 295 g/mol. The third kappa shape index (κ3) is 4.94. The third-order valence-corrected chi connectivity index (χ3v) is 2.90. The highest BCUT2D eigenvalue weighted by Crippen LogP contribution is 2.14. The Morgan fingerprint density at radius 1 is 1.38 bits per heavy atom. The Kier molecular flexibility index (Phi) is 5.95. The molecule has 0 fully saturated rings. The van der Waals surface area contributed by atoms with Crippen LogP contribution in [-0.2, 0) is 4.79 Å². The summed E-state index contributed by atoms with van der Waals surface area (Å²) in [6.07, 6.45) is 2.44. The lowest BCUT2D eigenvalue weighted by molar-refractivity contribution is -0.143. The van der Waals surface area contributed by atoms with Crippen molar-refractivity contribution in [1.82, 2.24) is 10.3 Å². The number of pyridine rings is 1. The predicted octanol–water partition coefficient (Wildman–Crippen LogP) is 2.25. The molecule has 7 heteroatoms. The number of nitrogens with one attached hydrogen (secondary N) is 2. The van der Waals surface area contributed by atoms with Crippen LogP contribution in [0.4, 0.5) is 10.5 Å². The van der Waals surface area contributed by atoms with Gasteiger partial charge in [-0.2, -0.15) is 0 Å². The maximum absolute atomic E-state index is 11.9. The van der Waals surface area contributed by atoms with Crippen molar-refractivity contribution in [1.29, 1.82) is 0 Å². The summed E-state index contributed by atoms with van der Waals surface area (Å²) in [7, 11) is 0. The van der Waals surface area contributed by atoms with E-state index in [1.807, 2.05) is 13.8 Å². The molecular weight excluding hydrogens is 274 g/mol. The van der Waals surface area contributed by atoms with Crippen LogP contribution in [0.5, 0.6) is 5.88 Å². The molecule has 0 aliphatic carbocycles. The minimum Gasteiger partial charge on any atom is -0.480 e. The molecule has 21 heavy (non-hydrogen) atoms. The number of anilines is 1. The maximum atomic E-state index is 11.9. The van der Waals surface area contributed by atoms with E-state index in [9.17, 15) is 14.7 Å². The van der Waals surface area contributed by atoms with E-state index in [4.69, 9.17) is 4.74 Å². The average Bonchev–Trinajstić information content (AvgIpc) is 2.41. The fourth-order valence-corrected chi connectivity index (χ4v) is 1.82. The van der Waals surface area contributed by atoms with Gasteiger partial charge in [0.1, 0.15) is 5.54 Å². The number of amides is 2. The van der Waals surface area contributed by atoms with Crippen molar-refractivity contribution < 1.29 is 19.4 Å². The van der Waals surface area contributed by atoms with E-state index in [2.05, 4.69) is 15.6 Å². The van der Waals surface area contributed by atoms with E-state index in [1.54, 1.807) is 12.1 Å². The standard InChI is InChI=1S/C14H21N3O4/c1-4-8-14(3,12(18)19)17-13(20)16-10-6-7-11(15-9-10)21-5-2/h6-7,9H,4-5,8H2,1-3H3,(H,18,19)(H2,16,17,20). The van der Waals surface area contributed by atoms with Crippen LogP contribution in [-0.4, -0.2) is 34.2 Å². The molecule has 0 aromatic carbocycles. The van der Waals surface area contributed by atoms with E-state index >= 15 is 0 Å². The van der Waals surface area contributed by atoms with Gasteiger partial charge in [-0.05, 0) is 26.3 Å². The molecule has 0 spiro atoms. The van der Waals surface area contributed by atoms with Gasteiger partial charge in [0, 0.05) is 6.07 Å². The zero-order valence-corrected chi connectivity index (χ0v) is 12.5. The van der Waals surface area contributed by atoms with Crippen molar-refractivity contribution in [3.8, 4) is 5.88 Å². The lowest BCUT2D eigenvalue weighted by Crippen LogP contribution is -2.53. The van der Waals surface area contributed by atoms with Crippen molar-refractivity contribution in [2.24, 2.45) is 0 Å². The summed E-state index contributed by atoms with van der Waals surface area (Å²) in [6.45, 7) is 5.70. The monoisotopic (exact) mass is 295 g/mol. The summed E-state index contributed by atoms with van der Waals surface area (Å²) >= 11 is 0. The number of urea groups is 1. The van der Waals surface area contributed by atoms with Crippen LogP contribution in [0.1, 0.15) is 33.6 Å². The van der Waals surface area contributed by atoms with Crippen LogP contribution in [0.25, 0.3) is 0 Å². The number of carbonyl (C=O) groups is 2. The molecule has 7 nitrogen and oxygen atoms in total. The van der Waals surface area contributed by atoms with Crippen molar-refractivity contribution >= 4 is 17.7 Å². The van der Waals surface area contributed by atoms with Crippen LogP contribution in [0.3, 0.4) is 0 Å². The van der Waals surface area contributed by atoms with Gasteiger partial charge in [0.25, 0.3) is 0 Å². The molecule has 0 bridgehead atoms. The fraction of sp³-hybridized carbons (Fsp3) is 0.500. The molecule has 1 aromatic heterocycles. The number of hydrogen-bond donors (Lipinski definition) is 3. The van der Waals surface area contributed by atoms with Crippen molar-refractivity contribution in [3.05, 3.63) is 18.3 Å². The molecule has 0 aliphatic heterocycles. The van der Waals surface area contributed by atoms with Crippen LogP contribution in [0.15, 0.2) is 18.3 Å². The van der Waals surface area contributed by atoms with Gasteiger partial charge >= 0.3 is 12.0 Å². The topological polar surface area (TPSA) is 101 Å². The summed E-state index contributed by atoms with van der Waals surface area (Å²) in [6, 6.07) is 2.68. The van der Waals surface area contributed by atoms with Gasteiger partial charge in [-0.25, -0.2) is 14.6 Å². The number of hydrogen-bond acceptors (Lipinski definition) is 4. The molecule has 1 aromatic rings. The Bertz CT molecular complexity index is 489. The Balaban J connectivity index is 2.65. The Labute approximate surface area is 123 Å². The largest absolute Gasteiger partial charge is 0.480 e. The zero-order valence-electron chi connectivity index (χ0n) is 12.5. The first-order chi connectivity index (χ1) is 9.91. The summed E-state index contributed by atoms with van der Waals surface area (Å²) in [5.74, 6) is -0.603. The van der Waals surface area contributed by atoms with Crippen LogP contribution in [0, 0.1) is 0 Å². The molecular formula is C14H21N3O4. The van der Waals surface area contributed by atoms with E-state index in [0.717, 1.165) is 0 Å². The van der Waals surface area contributed by atoms with Gasteiger partial charge in [-0.3, -0.25) is 0 Å². The van der Waals surface area contributed by atoms with Crippen LogP contribution < -0.4 is 15.4 Å². The highest BCUT2D eigenvalue weighted by atomic mass is 16.5. The molecule has 0 saturated heterocycles. The normalized spacial score (nSPS) is 13.1. The van der Waals surface area contributed by atoms with Gasteiger partial charge in [-0.15, -0.1) is 0 Å². The fourth-order valence-electron chi connectivity index (χ4n) is 1.82. The number of carbonyl (C=O) groups excluding carboxylic acids is 1. The number of carboxylic acids is 1. The van der Waals surface area contributed by atoms with Crippen molar-refractivity contribution in [3.63, 3.8) is 0 Å². The number of ether oxygens (including phenoxy) is 1. The lowest BCUT2D eigenvalue weighted by Gasteiger charge is -2.25. The van der Waals surface area contributed by atoms with Gasteiger partial charge in [0.15, 0.2) is 0 Å². The molecule has 116 valence electrons. The summed E-state index contributed by atoms with van der Waals surface area (Å²) in [5.41, 5.74) is -0.836. The van der Waals surface area contributed by atoms with Crippen molar-refractivity contribution in [2.45, 2.75) is 39.2 Å². The second-order valence-corrected chi connectivity index (χ2v) is 4.78. The SMILES string of the molecule is CCCC(C)(NC(=O)Nc1ccc(OCC)nc1)C(=O)O. The second kappa shape index (κ2) is 7.47. The van der Waals surface area contributed by atoms with Crippen LogP contribution >= 0.6 is 0 Å². The maximum Gasteiger partial charge on any atom is 0.329 e. The third-order valence-electron chi connectivity index (χ3n) is 2.90. The minimum atomic E-state index is -1.29. The quantitative estimate of drug-likeness (QED) is 0.716. The van der Waals surface area contributed by atoms with Gasteiger partial charge in [0.05, 0.1) is 18.5 Å². The molecule has 1 rings (SSSR count). The zero-order chi connectivity index (χ0) is 15.9. The van der Waals surface area contributed by atoms with Gasteiger partial charge in [0.2, 0.25) is 5.88 Å². The highest BCUT2D eigenvalue weighted by molar-refractivity contribution is 5.93. The second-order valence-electron chi connectivity index (χ2n) is 4.78. The summed E-state index contributed by atoms with van der Waals surface area (Å²) in [4.78, 5) is 27.1. The van der Waals surface area contributed by atoms with E-state index < -0.39 is 17.5 Å². The Morgan fingerprint density at radius 3 is 2.57 bits per heavy atom. The molecule has 1 atom stereocenters. The molecule has 3 N–H and O–H groups in total. The summed E-state index contributed by atoms with van der Waals surface area (Å²) < 4.78 is 5.19.